The van der Waals surface area contributed by atoms with E-state index in [2.05, 4.69) is 38.8 Å². The van der Waals surface area contributed by atoms with Crippen molar-refractivity contribution >= 4 is 50.8 Å². The van der Waals surface area contributed by atoms with E-state index in [-0.39, 0.29) is 22.5 Å². The van der Waals surface area contributed by atoms with Crippen LogP contribution in [0.4, 0.5) is 5.69 Å². The Morgan fingerprint density at radius 2 is 1.81 bits per heavy atom. The van der Waals surface area contributed by atoms with Crippen LogP contribution in [0.2, 0.25) is 0 Å². The molecule has 0 unspecified atom stereocenters. The number of rotatable bonds is 7. The number of unbranched alkanes of at least 4 members (excludes halogenated alkanes) is 1. The highest BCUT2D eigenvalue weighted by molar-refractivity contribution is 9.10. The van der Waals surface area contributed by atoms with Gasteiger partial charge in [-0.25, -0.2) is 0 Å². The SMILES string of the molecule is CCCCOc1ccc(C(=O)NC(=S)Nc2ccccc2C(=O)NC(C)(C)C)cc1Br. The number of ether oxygens (including phenoxy) is 1. The number of carbonyl (C=O) groups excluding carboxylic acids is 2. The van der Waals surface area contributed by atoms with Gasteiger partial charge in [-0.15, -0.1) is 0 Å². The second-order valence-corrected chi connectivity index (χ2v) is 9.27. The molecule has 0 saturated heterocycles. The molecule has 0 bridgehead atoms. The molecular weight excluding hydrogens is 478 g/mol. The molecule has 0 aliphatic carbocycles. The van der Waals surface area contributed by atoms with Crippen molar-refractivity contribution in [2.45, 2.75) is 46.1 Å². The van der Waals surface area contributed by atoms with Crippen LogP contribution in [0.25, 0.3) is 0 Å². The lowest BCUT2D eigenvalue weighted by Gasteiger charge is -2.21. The lowest BCUT2D eigenvalue weighted by Crippen LogP contribution is -2.41. The Bertz CT molecular complexity index is 957. The molecular formula is C23H28BrN3O3S. The van der Waals surface area contributed by atoms with Crippen molar-refractivity contribution in [1.82, 2.24) is 10.6 Å². The van der Waals surface area contributed by atoms with Crippen LogP contribution in [-0.4, -0.2) is 29.1 Å². The molecule has 0 saturated carbocycles. The smallest absolute Gasteiger partial charge is 0.257 e. The Kier molecular flexibility index (Phi) is 9.00. The average Bonchev–Trinajstić information content (AvgIpc) is 2.68. The first-order valence-electron chi connectivity index (χ1n) is 10.1. The molecule has 6 nitrogen and oxygen atoms in total. The number of carbonyl (C=O) groups is 2. The highest BCUT2D eigenvalue weighted by Crippen LogP contribution is 2.26. The largest absolute Gasteiger partial charge is 0.492 e. The lowest BCUT2D eigenvalue weighted by atomic mass is 10.1. The summed E-state index contributed by atoms with van der Waals surface area (Å²) in [5, 5.41) is 8.60. The molecule has 0 fully saturated rings. The summed E-state index contributed by atoms with van der Waals surface area (Å²) in [6.07, 6.45) is 2.01. The van der Waals surface area contributed by atoms with E-state index in [1.165, 1.54) is 0 Å². The van der Waals surface area contributed by atoms with E-state index in [0.717, 1.165) is 12.8 Å². The molecule has 0 spiro atoms. The van der Waals surface area contributed by atoms with Crippen molar-refractivity contribution in [2.75, 3.05) is 11.9 Å². The fraction of sp³-hybridized carbons (Fsp3) is 0.348. The maximum atomic E-state index is 12.6. The number of halogens is 1. The summed E-state index contributed by atoms with van der Waals surface area (Å²) in [4.78, 5) is 25.2. The third-order valence-corrected chi connectivity index (χ3v) is 4.91. The zero-order valence-electron chi connectivity index (χ0n) is 18.2. The van der Waals surface area contributed by atoms with Crippen molar-refractivity contribution in [1.29, 1.82) is 0 Å². The zero-order chi connectivity index (χ0) is 23.0. The van der Waals surface area contributed by atoms with E-state index in [1.807, 2.05) is 20.8 Å². The van der Waals surface area contributed by atoms with Gasteiger partial charge in [0.2, 0.25) is 0 Å². The Morgan fingerprint density at radius 1 is 1.10 bits per heavy atom. The summed E-state index contributed by atoms with van der Waals surface area (Å²) < 4.78 is 6.38. The van der Waals surface area contributed by atoms with E-state index < -0.39 is 0 Å². The molecule has 31 heavy (non-hydrogen) atoms. The maximum absolute atomic E-state index is 12.6. The first kappa shape index (κ1) is 24.8. The maximum Gasteiger partial charge on any atom is 0.257 e. The normalized spacial score (nSPS) is 10.9. The van der Waals surface area contributed by atoms with Crippen LogP contribution in [-0.2, 0) is 0 Å². The second kappa shape index (κ2) is 11.2. The fourth-order valence-corrected chi connectivity index (χ4v) is 3.31. The van der Waals surface area contributed by atoms with Gasteiger partial charge in [0.1, 0.15) is 5.75 Å². The lowest BCUT2D eigenvalue weighted by molar-refractivity contribution is 0.0919. The van der Waals surface area contributed by atoms with E-state index in [0.29, 0.717) is 33.6 Å². The van der Waals surface area contributed by atoms with Crippen LogP contribution in [0.15, 0.2) is 46.9 Å². The number of hydrogen-bond acceptors (Lipinski definition) is 4. The quantitative estimate of drug-likeness (QED) is 0.352. The van der Waals surface area contributed by atoms with Crippen LogP contribution >= 0.6 is 28.1 Å². The molecule has 3 N–H and O–H groups in total. The average molecular weight is 506 g/mol. The second-order valence-electron chi connectivity index (χ2n) is 8.01. The third-order valence-electron chi connectivity index (χ3n) is 4.09. The molecule has 0 aromatic heterocycles. The highest BCUT2D eigenvalue weighted by Gasteiger charge is 2.18. The molecule has 0 aliphatic heterocycles. The van der Waals surface area contributed by atoms with Gasteiger partial charge in [0.05, 0.1) is 22.3 Å². The van der Waals surface area contributed by atoms with Crippen LogP contribution < -0.4 is 20.7 Å². The molecule has 0 atom stereocenters. The number of anilines is 1. The first-order chi connectivity index (χ1) is 14.6. The Hall–Kier alpha value is -2.45. The number of para-hydroxylation sites is 1. The number of amides is 2. The van der Waals surface area contributed by atoms with E-state index in [4.69, 9.17) is 17.0 Å². The number of benzene rings is 2. The number of thiocarbonyl (C=S) groups is 1. The molecule has 2 aromatic rings. The summed E-state index contributed by atoms with van der Waals surface area (Å²) in [6, 6.07) is 12.1. The summed E-state index contributed by atoms with van der Waals surface area (Å²) in [5.74, 6) is 0.0896. The topological polar surface area (TPSA) is 79.5 Å². The van der Waals surface area contributed by atoms with Gasteiger partial charge < -0.3 is 15.4 Å². The van der Waals surface area contributed by atoms with Crippen molar-refractivity contribution in [3.63, 3.8) is 0 Å². The number of nitrogens with one attached hydrogen (secondary N) is 3. The molecule has 0 aliphatic rings. The standard InChI is InChI=1S/C23H28BrN3O3S/c1-5-6-13-30-19-12-11-15(14-17(19)24)20(28)26-22(31)25-18-10-8-7-9-16(18)21(29)27-23(2,3)4/h7-12,14H,5-6,13H2,1-4H3,(H,27,29)(H2,25,26,28,31). The monoisotopic (exact) mass is 505 g/mol. The summed E-state index contributed by atoms with van der Waals surface area (Å²) >= 11 is 8.73. The zero-order valence-corrected chi connectivity index (χ0v) is 20.6. The molecule has 2 rings (SSSR count). The van der Waals surface area contributed by atoms with Crippen molar-refractivity contribution in [3.8, 4) is 5.75 Å². The predicted molar refractivity (Wildman–Crippen MR) is 132 cm³/mol. The predicted octanol–water partition coefficient (Wildman–Crippen LogP) is 5.28. The van der Waals surface area contributed by atoms with Gasteiger partial charge in [-0.2, -0.15) is 0 Å². The molecule has 0 heterocycles. The highest BCUT2D eigenvalue weighted by atomic mass is 79.9. The minimum Gasteiger partial charge on any atom is -0.492 e. The third kappa shape index (κ3) is 7.95. The van der Waals surface area contributed by atoms with Gasteiger partial charge in [-0.1, -0.05) is 25.5 Å². The van der Waals surface area contributed by atoms with Crippen molar-refractivity contribution < 1.29 is 14.3 Å². The summed E-state index contributed by atoms with van der Waals surface area (Å²) in [6.45, 7) is 8.44. The van der Waals surface area contributed by atoms with Crippen LogP contribution in [0.3, 0.4) is 0 Å². The van der Waals surface area contributed by atoms with Crippen molar-refractivity contribution in [2.24, 2.45) is 0 Å². The van der Waals surface area contributed by atoms with Gasteiger partial charge in [-0.3, -0.25) is 14.9 Å². The minimum absolute atomic E-state index is 0.0976. The van der Waals surface area contributed by atoms with E-state index >= 15 is 0 Å². The van der Waals surface area contributed by atoms with Crippen molar-refractivity contribution in [3.05, 3.63) is 58.1 Å². The van der Waals surface area contributed by atoms with Crippen LogP contribution in [0.5, 0.6) is 5.75 Å². The summed E-state index contributed by atoms with van der Waals surface area (Å²) in [7, 11) is 0. The Labute approximate surface area is 197 Å². The molecule has 0 radical (unpaired) electrons. The van der Waals surface area contributed by atoms with Gasteiger partial charge >= 0.3 is 0 Å². The van der Waals surface area contributed by atoms with Gasteiger partial charge in [0.25, 0.3) is 11.8 Å². The Morgan fingerprint density at radius 3 is 2.45 bits per heavy atom. The van der Waals surface area contributed by atoms with E-state index in [1.54, 1.807) is 42.5 Å². The Balaban J connectivity index is 2.04. The number of hydrogen-bond donors (Lipinski definition) is 3. The minimum atomic E-state index is -0.376. The van der Waals surface area contributed by atoms with Gasteiger partial charge in [-0.05, 0) is 85.7 Å². The molecule has 8 heteroatoms. The van der Waals surface area contributed by atoms with Gasteiger partial charge in [0.15, 0.2) is 5.11 Å². The van der Waals surface area contributed by atoms with Crippen LogP contribution in [0, 0.1) is 0 Å². The summed E-state index contributed by atoms with van der Waals surface area (Å²) in [5.41, 5.74) is 0.997. The van der Waals surface area contributed by atoms with Crippen LogP contribution in [0.1, 0.15) is 61.3 Å². The fourth-order valence-electron chi connectivity index (χ4n) is 2.61. The van der Waals surface area contributed by atoms with Gasteiger partial charge in [0, 0.05) is 11.1 Å². The molecule has 2 amide bonds. The van der Waals surface area contributed by atoms with E-state index in [9.17, 15) is 9.59 Å². The molecule has 166 valence electrons. The molecule has 2 aromatic carbocycles. The first-order valence-corrected chi connectivity index (χ1v) is 11.3.